The number of fused-ring (bicyclic) bond motifs is 5. The van der Waals surface area contributed by atoms with Gasteiger partial charge < -0.3 is 0 Å². The molecule has 2 heteroatoms. The second-order valence-electron chi connectivity index (χ2n) is 10.3. The predicted molar refractivity (Wildman–Crippen MR) is 103 cm³/mol. The summed E-state index contributed by atoms with van der Waals surface area (Å²) in [5.74, 6) is 5.41. The van der Waals surface area contributed by atoms with Crippen molar-refractivity contribution in [3.63, 3.8) is 0 Å². The van der Waals surface area contributed by atoms with Crippen LogP contribution in [-0.4, -0.2) is 11.1 Å². The molecule has 4 rings (SSSR count). The van der Waals surface area contributed by atoms with E-state index >= 15 is 0 Å². The first-order valence-corrected chi connectivity index (χ1v) is 11.6. The Bertz CT molecular complexity index is 516. The lowest BCUT2D eigenvalue weighted by molar-refractivity contribution is -0.134. The van der Waals surface area contributed by atoms with Crippen LogP contribution in [0.15, 0.2) is 0 Å². The summed E-state index contributed by atoms with van der Waals surface area (Å²) in [7, 11) is 0. The Labute approximate surface area is 156 Å². The molecule has 24 heavy (non-hydrogen) atoms. The maximum Gasteiger partial charge on any atom is 0.147 e. The molecule has 8 atom stereocenters. The van der Waals surface area contributed by atoms with Gasteiger partial charge in [0.1, 0.15) is 5.78 Å². The van der Waals surface area contributed by atoms with E-state index in [1.807, 2.05) is 0 Å². The normalized spacial score (nSPS) is 53.8. The van der Waals surface area contributed by atoms with Crippen LogP contribution in [0.4, 0.5) is 0 Å². The van der Waals surface area contributed by atoms with Gasteiger partial charge in [0.2, 0.25) is 0 Å². The van der Waals surface area contributed by atoms with Crippen molar-refractivity contribution in [1.82, 2.24) is 0 Å². The lowest BCUT2D eigenvalue weighted by Gasteiger charge is -2.61. The molecule has 0 heterocycles. The molecule has 5 unspecified atom stereocenters. The van der Waals surface area contributed by atoms with E-state index in [9.17, 15) is 4.79 Å². The standard InChI is InChI=1S/C22H35BrO/c1-14-8-10-21(2)15(12-14)4-5-16-17-6-7-19(20(24)13-23)22(17,3)11-9-18(16)21/h14-19H,4-13H2,1-3H3/t14-,15?,16-,17?,18?,19+,21?,22?/m0/s1. The topological polar surface area (TPSA) is 17.1 Å². The van der Waals surface area contributed by atoms with Crippen molar-refractivity contribution >= 4 is 21.7 Å². The Morgan fingerprint density at radius 1 is 0.958 bits per heavy atom. The molecule has 4 aliphatic carbocycles. The molecule has 0 spiro atoms. The van der Waals surface area contributed by atoms with Crippen LogP contribution in [0.1, 0.15) is 78.6 Å². The van der Waals surface area contributed by atoms with Gasteiger partial charge >= 0.3 is 0 Å². The minimum absolute atomic E-state index is 0.303. The van der Waals surface area contributed by atoms with Gasteiger partial charge in [0.15, 0.2) is 0 Å². The third-order valence-corrected chi connectivity index (χ3v) is 10.0. The second kappa shape index (κ2) is 6.10. The largest absolute Gasteiger partial charge is 0.298 e. The van der Waals surface area contributed by atoms with Crippen LogP contribution in [-0.2, 0) is 4.79 Å². The Morgan fingerprint density at radius 3 is 2.42 bits per heavy atom. The van der Waals surface area contributed by atoms with Crippen LogP contribution in [0.3, 0.4) is 0 Å². The van der Waals surface area contributed by atoms with Crippen molar-refractivity contribution < 1.29 is 4.79 Å². The average Bonchev–Trinajstić information content (AvgIpc) is 2.92. The Kier molecular flexibility index (Phi) is 4.46. The number of Topliss-reactive ketones (excluding diaryl/α,β-unsaturated/α-hetero) is 1. The fourth-order valence-corrected chi connectivity index (χ4v) is 8.49. The molecule has 0 amide bonds. The molecule has 0 aliphatic heterocycles. The minimum Gasteiger partial charge on any atom is -0.298 e. The molecule has 0 aromatic carbocycles. The summed E-state index contributed by atoms with van der Waals surface area (Å²) in [6.45, 7) is 7.60. The van der Waals surface area contributed by atoms with Crippen LogP contribution >= 0.6 is 15.9 Å². The van der Waals surface area contributed by atoms with E-state index in [2.05, 4.69) is 36.7 Å². The Hall–Kier alpha value is 0.150. The maximum atomic E-state index is 12.5. The van der Waals surface area contributed by atoms with Gasteiger partial charge in [0.05, 0.1) is 5.33 Å². The highest BCUT2D eigenvalue weighted by Crippen LogP contribution is 2.67. The Balaban J connectivity index is 1.60. The van der Waals surface area contributed by atoms with Gasteiger partial charge in [-0.1, -0.05) is 43.1 Å². The van der Waals surface area contributed by atoms with Gasteiger partial charge in [-0.25, -0.2) is 0 Å². The van der Waals surface area contributed by atoms with E-state index in [1.54, 1.807) is 0 Å². The van der Waals surface area contributed by atoms with E-state index in [1.165, 1.54) is 51.4 Å². The van der Waals surface area contributed by atoms with Crippen molar-refractivity contribution in [2.75, 3.05) is 5.33 Å². The first-order chi connectivity index (χ1) is 11.4. The van der Waals surface area contributed by atoms with Crippen molar-refractivity contribution in [2.45, 2.75) is 78.6 Å². The first-order valence-electron chi connectivity index (χ1n) is 10.5. The number of alkyl halides is 1. The van der Waals surface area contributed by atoms with Gasteiger partial charge in [-0.15, -0.1) is 0 Å². The van der Waals surface area contributed by atoms with Gasteiger partial charge in [-0.05, 0) is 91.8 Å². The van der Waals surface area contributed by atoms with Crippen LogP contribution < -0.4 is 0 Å². The molecule has 136 valence electrons. The van der Waals surface area contributed by atoms with Crippen LogP contribution in [0, 0.1) is 46.3 Å². The molecule has 4 aliphatic rings. The average molecular weight is 395 g/mol. The molecule has 1 nitrogen and oxygen atoms in total. The number of hydrogen-bond acceptors (Lipinski definition) is 1. The molecule has 0 aromatic heterocycles. The fourth-order valence-electron chi connectivity index (χ4n) is 8.09. The molecular weight excluding hydrogens is 360 g/mol. The van der Waals surface area contributed by atoms with E-state index in [0.29, 0.717) is 27.9 Å². The van der Waals surface area contributed by atoms with Crippen molar-refractivity contribution in [2.24, 2.45) is 46.3 Å². The summed E-state index contributed by atoms with van der Waals surface area (Å²) >= 11 is 3.44. The zero-order chi connectivity index (χ0) is 17.1. The summed E-state index contributed by atoms with van der Waals surface area (Å²) in [5, 5.41) is 0.561. The zero-order valence-electron chi connectivity index (χ0n) is 15.8. The second-order valence-corrected chi connectivity index (χ2v) is 10.9. The molecule has 0 bridgehead atoms. The zero-order valence-corrected chi connectivity index (χ0v) is 17.4. The van der Waals surface area contributed by atoms with Gasteiger partial charge in [-0.3, -0.25) is 4.79 Å². The number of carbonyl (C=O) groups is 1. The highest BCUT2D eigenvalue weighted by molar-refractivity contribution is 9.09. The molecule has 0 radical (unpaired) electrons. The molecule has 0 aromatic rings. The van der Waals surface area contributed by atoms with E-state index in [4.69, 9.17) is 0 Å². The van der Waals surface area contributed by atoms with Crippen LogP contribution in [0.2, 0.25) is 0 Å². The summed E-state index contributed by atoms with van der Waals surface area (Å²) in [6, 6.07) is 0. The van der Waals surface area contributed by atoms with E-state index < -0.39 is 0 Å². The van der Waals surface area contributed by atoms with Crippen molar-refractivity contribution in [3.8, 4) is 0 Å². The smallest absolute Gasteiger partial charge is 0.147 e. The monoisotopic (exact) mass is 394 g/mol. The number of rotatable bonds is 2. The number of halogens is 1. The summed E-state index contributed by atoms with van der Waals surface area (Å²) in [4.78, 5) is 12.5. The molecule has 0 saturated heterocycles. The van der Waals surface area contributed by atoms with E-state index in [0.717, 1.165) is 36.0 Å². The van der Waals surface area contributed by atoms with Crippen LogP contribution in [0.25, 0.3) is 0 Å². The lowest BCUT2D eigenvalue weighted by atomic mass is 9.44. The summed E-state index contributed by atoms with van der Waals surface area (Å²) < 4.78 is 0. The summed E-state index contributed by atoms with van der Waals surface area (Å²) in [6.07, 6.45) is 12.5. The van der Waals surface area contributed by atoms with Crippen LogP contribution in [0.5, 0.6) is 0 Å². The number of hydrogen-bond donors (Lipinski definition) is 0. The van der Waals surface area contributed by atoms with Crippen molar-refractivity contribution in [3.05, 3.63) is 0 Å². The predicted octanol–water partition coefficient (Wildman–Crippen LogP) is 6.25. The molecular formula is C22H35BrO. The third kappa shape index (κ3) is 2.41. The molecule has 4 fully saturated rings. The lowest BCUT2D eigenvalue weighted by Crippen LogP contribution is -2.53. The highest BCUT2D eigenvalue weighted by atomic mass is 79.9. The van der Waals surface area contributed by atoms with E-state index in [-0.39, 0.29) is 0 Å². The van der Waals surface area contributed by atoms with Gasteiger partial charge in [-0.2, -0.15) is 0 Å². The minimum atomic E-state index is 0.303. The summed E-state index contributed by atoms with van der Waals surface area (Å²) in [5.41, 5.74) is 0.908. The quantitative estimate of drug-likeness (QED) is 0.506. The maximum absolute atomic E-state index is 12.5. The third-order valence-electron chi connectivity index (χ3n) is 9.45. The fraction of sp³-hybridized carbons (Fsp3) is 0.955. The molecule has 4 saturated carbocycles. The Morgan fingerprint density at radius 2 is 1.67 bits per heavy atom. The van der Waals surface area contributed by atoms with Gasteiger partial charge in [0, 0.05) is 5.92 Å². The first kappa shape index (κ1) is 17.6. The van der Waals surface area contributed by atoms with Gasteiger partial charge in [0.25, 0.3) is 0 Å². The molecule has 0 N–H and O–H groups in total. The SMILES string of the molecule is C[C@H]1CCC2(C)C(CC[C@@H]3C2CCC2(C)C3CC[C@@H]2C(=O)CBr)C1. The number of carbonyl (C=O) groups excluding carboxylic acids is 1. The number of ketones is 1. The van der Waals surface area contributed by atoms with Crippen molar-refractivity contribution in [1.29, 1.82) is 0 Å². The highest BCUT2D eigenvalue weighted by Gasteiger charge is 2.60.